The van der Waals surface area contributed by atoms with Crippen LogP contribution in [-0.4, -0.2) is 46.3 Å². The molecule has 2 heterocycles. The molecule has 8 nitrogen and oxygen atoms in total. The van der Waals surface area contributed by atoms with Crippen molar-refractivity contribution < 1.29 is 37.0 Å². The largest absolute Gasteiger partial charge is 0.522 e. The van der Waals surface area contributed by atoms with Gasteiger partial charge in [-0.1, -0.05) is 11.6 Å². The van der Waals surface area contributed by atoms with E-state index in [-0.39, 0.29) is 29.7 Å². The molecule has 0 bridgehead atoms. The molecule has 178 valence electrons. The molecule has 3 fully saturated rings. The molecule has 0 spiro atoms. The van der Waals surface area contributed by atoms with Crippen molar-refractivity contribution in [3.63, 3.8) is 0 Å². The Balaban J connectivity index is 0.000000162. The molecule has 3 aliphatic carbocycles. The van der Waals surface area contributed by atoms with Gasteiger partial charge in [0.25, 0.3) is 0 Å². The van der Waals surface area contributed by atoms with Crippen LogP contribution in [0.25, 0.3) is 0 Å². The molecule has 3 saturated carbocycles. The van der Waals surface area contributed by atoms with Crippen molar-refractivity contribution in [3.05, 3.63) is 40.6 Å². The SMILES string of the molecule is O=CNC12CC1(c1nnc(C3CC(OC(F)(F)F)C3)o1)C2.OC1CCOc2ccc(Cl)cc21. The van der Waals surface area contributed by atoms with Gasteiger partial charge in [0.2, 0.25) is 18.2 Å². The Hall–Kier alpha value is -2.37. The number of aliphatic hydroxyl groups excluding tert-OH is 1. The molecule has 33 heavy (non-hydrogen) atoms. The summed E-state index contributed by atoms with van der Waals surface area (Å²) in [6, 6.07) is 5.30. The molecule has 4 aliphatic rings. The normalized spacial score (nSPS) is 33.3. The van der Waals surface area contributed by atoms with Crippen LogP contribution in [0.3, 0.4) is 0 Å². The van der Waals surface area contributed by atoms with E-state index >= 15 is 0 Å². The van der Waals surface area contributed by atoms with Crippen LogP contribution in [-0.2, 0) is 14.9 Å². The van der Waals surface area contributed by atoms with Crippen LogP contribution in [0.5, 0.6) is 5.75 Å². The molecule has 1 aliphatic heterocycles. The van der Waals surface area contributed by atoms with Crippen molar-refractivity contribution in [2.75, 3.05) is 6.61 Å². The average molecular weight is 488 g/mol. The number of nitrogens with zero attached hydrogens (tertiary/aromatic N) is 2. The molecule has 0 radical (unpaired) electrons. The Morgan fingerprint density at radius 3 is 2.73 bits per heavy atom. The number of hydrogen-bond acceptors (Lipinski definition) is 7. The van der Waals surface area contributed by atoms with Gasteiger partial charge in [0, 0.05) is 22.9 Å². The van der Waals surface area contributed by atoms with E-state index in [1.807, 2.05) is 0 Å². The number of benzene rings is 1. The second-order valence-electron chi connectivity index (χ2n) is 8.91. The van der Waals surface area contributed by atoms with Gasteiger partial charge in [-0.15, -0.1) is 23.4 Å². The molecule has 1 unspecified atom stereocenters. The van der Waals surface area contributed by atoms with Crippen molar-refractivity contribution in [2.45, 2.75) is 67.5 Å². The number of halogens is 4. The standard InChI is InChI=1S/C12H12F3N3O3.C9H9ClO2/c13-12(14,15)21-7-1-6(2-7)8-17-18-9(20-8)10-3-11(10,4-10)16-5-19;10-6-1-2-9-7(5-6)8(11)3-4-12-9/h5-7H,1-4H2,(H,16,19);1-2,5,8,11H,3-4H2. The number of amides is 1. The fraction of sp³-hybridized carbons (Fsp3) is 0.571. The highest BCUT2D eigenvalue weighted by Crippen LogP contribution is 2.78. The number of alkyl halides is 3. The number of hydrogen-bond donors (Lipinski definition) is 2. The Bertz CT molecular complexity index is 1050. The van der Waals surface area contributed by atoms with Gasteiger partial charge >= 0.3 is 6.36 Å². The molecule has 1 aromatic carbocycles. The molecule has 1 atom stereocenters. The number of aliphatic hydroxyl groups is 1. The fourth-order valence-corrected chi connectivity index (χ4v) is 4.77. The second kappa shape index (κ2) is 7.85. The van der Waals surface area contributed by atoms with E-state index in [1.54, 1.807) is 18.2 Å². The lowest BCUT2D eigenvalue weighted by Crippen LogP contribution is -2.34. The molecule has 1 amide bonds. The van der Waals surface area contributed by atoms with Crippen molar-refractivity contribution in [2.24, 2.45) is 0 Å². The summed E-state index contributed by atoms with van der Waals surface area (Å²) in [5.74, 6) is 1.41. The van der Waals surface area contributed by atoms with Crippen LogP contribution in [0.4, 0.5) is 13.2 Å². The van der Waals surface area contributed by atoms with E-state index in [0.717, 1.165) is 24.2 Å². The zero-order valence-corrected chi connectivity index (χ0v) is 18.0. The number of ether oxygens (including phenoxy) is 2. The fourth-order valence-electron chi connectivity index (χ4n) is 4.59. The van der Waals surface area contributed by atoms with Gasteiger partial charge in [-0.2, -0.15) is 0 Å². The predicted molar refractivity (Wildman–Crippen MR) is 107 cm³/mol. The van der Waals surface area contributed by atoms with E-state index in [2.05, 4.69) is 20.3 Å². The van der Waals surface area contributed by atoms with Gasteiger partial charge in [0.1, 0.15) is 5.75 Å². The molecule has 1 aromatic heterocycles. The smallest absolute Gasteiger partial charge is 0.493 e. The molecular formula is C21H21ClF3N3O5. The number of carbonyl (C=O) groups excluding carboxylic acids is 1. The van der Waals surface area contributed by atoms with Crippen molar-refractivity contribution in [1.29, 1.82) is 0 Å². The molecular weight excluding hydrogens is 467 g/mol. The third-order valence-electron chi connectivity index (χ3n) is 6.78. The van der Waals surface area contributed by atoms with Crippen molar-refractivity contribution in [1.82, 2.24) is 15.5 Å². The van der Waals surface area contributed by atoms with Crippen molar-refractivity contribution in [3.8, 4) is 5.75 Å². The number of nitrogens with one attached hydrogen (secondary N) is 1. The molecule has 0 saturated heterocycles. The topological polar surface area (TPSA) is 107 Å². The summed E-state index contributed by atoms with van der Waals surface area (Å²) in [6.45, 7) is 0.579. The third-order valence-corrected chi connectivity index (χ3v) is 7.02. The highest BCUT2D eigenvalue weighted by Gasteiger charge is 2.87. The highest BCUT2D eigenvalue weighted by molar-refractivity contribution is 6.30. The summed E-state index contributed by atoms with van der Waals surface area (Å²) in [5, 5.41) is 20.8. The average Bonchev–Trinajstić information content (AvgIpc) is 3.42. The first-order chi connectivity index (χ1) is 15.6. The number of carbonyl (C=O) groups is 1. The lowest BCUT2D eigenvalue weighted by molar-refractivity contribution is -0.352. The maximum absolute atomic E-state index is 12.0. The highest BCUT2D eigenvalue weighted by atomic mass is 35.5. The Morgan fingerprint density at radius 1 is 1.27 bits per heavy atom. The summed E-state index contributed by atoms with van der Waals surface area (Å²) in [6.07, 6.45) is -2.53. The molecule has 2 N–H and O–H groups in total. The van der Waals surface area contributed by atoms with Gasteiger partial charge in [-0.25, -0.2) is 0 Å². The maximum Gasteiger partial charge on any atom is 0.522 e. The predicted octanol–water partition coefficient (Wildman–Crippen LogP) is 3.54. The first kappa shape index (κ1) is 22.4. The summed E-state index contributed by atoms with van der Waals surface area (Å²) in [7, 11) is 0. The summed E-state index contributed by atoms with van der Waals surface area (Å²) >= 11 is 5.78. The quantitative estimate of drug-likeness (QED) is 0.621. The molecule has 12 heteroatoms. The van der Waals surface area contributed by atoms with Gasteiger partial charge < -0.3 is 19.6 Å². The molecule has 2 aromatic rings. The lowest BCUT2D eigenvalue weighted by atomic mass is 9.82. The van der Waals surface area contributed by atoms with Gasteiger partial charge in [0.15, 0.2) is 0 Å². The van der Waals surface area contributed by atoms with Crippen LogP contribution in [0, 0.1) is 0 Å². The summed E-state index contributed by atoms with van der Waals surface area (Å²) in [5.41, 5.74) is 0.346. The Kier molecular flexibility index (Phi) is 5.33. The van der Waals surface area contributed by atoms with E-state index in [4.69, 9.17) is 20.8 Å². The van der Waals surface area contributed by atoms with E-state index in [1.165, 1.54) is 0 Å². The zero-order chi connectivity index (χ0) is 23.4. The molecule has 6 rings (SSSR count). The minimum Gasteiger partial charge on any atom is -0.493 e. The Morgan fingerprint density at radius 2 is 2.03 bits per heavy atom. The van der Waals surface area contributed by atoms with E-state index < -0.39 is 18.6 Å². The van der Waals surface area contributed by atoms with Crippen LogP contribution in [0.1, 0.15) is 61.5 Å². The first-order valence-corrected chi connectivity index (χ1v) is 10.9. The van der Waals surface area contributed by atoms with Crippen LogP contribution < -0.4 is 10.1 Å². The van der Waals surface area contributed by atoms with Gasteiger partial charge in [-0.3, -0.25) is 9.53 Å². The van der Waals surface area contributed by atoms with E-state index in [9.17, 15) is 23.1 Å². The van der Waals surface area contributed by atoms with Crippen LogP contribution in [0.15, 0.2) is 22.6 Å². The first-order valence-electron chi connectivity index (χ1n) is 10.5. The Labute approximate surface area is 191 Å². The summed E-state index contributed by atoms with van der Waals surface area (Å²) in [4.78, 5) is 10.5. The minimum atomic E-state index is -4.60. The minimum absolute atomic E-state index is 0.180. The van der Waals surface area contributed by atoms with Gasteiger partial charge in [0.05, 0.1) is 29.8 Å². The van der Waals surface area contributed by atoms with Crippen LogP contribution in [0.2, 0.25) is 5.02 Å². The zero-order valence-electron chi connectivity index (χ0n) is 17.3. The number of rotatable bonds is 5. The van der Waals surface area contributed by atoms with Gasteiger partial charge in [-0.05, 0) is 43.9 Å². The number of fused-ring (bicyclic) bond motifs is 2. The monoisotopic (exact) mass is 487 g/mol. The van der Waals surface area contributed by atoms with E-state index in [0.29, 0.717) is 36.2 Å². The lowest BCUT2D eigenvalue weighted by Gasteiger charge is -2.32. The summed E-state index contributed by atoms with van der Waals surface area (Å²) < 4.78 is 51.0. The maximum atomic E-state index is 12.0. The van der Waals surface area contributed by atoms with Crippen LogP contribution >= 0.6 is 11.6 Å². The van der Waals surface area contributed by atoms with Crippen molar-refractivity contribution >= 4 is 18.0 Å². The third kappa shape index (κ3) is 4.17. The number of aromatic nitrogens is 2. The second-order valence-corrected chi connectivity index (χ2v) is 9.35.